The largest absolute Gasteiger partial charge is 0.288 e. The normalized spacial score (nSPS) is 10.8. The van der Waals surface area contributed by atoms with Gasteiger partial charge < -0.3 is 0 Å². The van der Waals surface area contributed by atoms with Gasteiger partial charge in [0.25, 0.3) is 0 Å². The van der Waals surface area contributed by atoms with Crippen molar-refractivity contribution in [3.05, 3.63) is 82.4 Å². The smallest absolute Gasteiger partial charge is 0.196 e. The number of hydrogen-bond donors (Lipinski definition) is 0. The van der Waals surface area contributed by atoms with Gasteiger partial charge in [0.15, 0.2) is 5.78 Å². The summed E-state index contributed by atoms with van der Waals surface area (Å²) in [6.07, 6.45) is 0. The third-order valence-electron chi connectivity index (χ3n) is 3.27. The molecule has 0 heterocycles. The topological polar surface area (TPSA) is 17.1 Å². The van der Waals surface area contributed by atoms with E-state index in [-0.39, 0.29) is 10.6 Å². The van der Waals surface area contributed by atoms with Crippen molar-refractivity contribution in [3.8, 4) is 0 Å². The van der Waals surface area contributed by atoms with Crippen molar-refractivity contribution < 1.29 is 13.6 Å². The SMILES string of the molecule is O=C(c1ccc2ccccc2c1)c1cc(F)c(Cl)cc1F. The first-order valence-electron chi connectivity index (χ1n) is 6.24. The zero-order valence-corrected chi connectivity index (χ0v) is 11.5. The minimum atomic E-state index is -0.834. The second kappa shape index (κ2) is 5.26. The molecule has 0 radical (unpaired) electrons. The van der Waals surface area contributed by atoms with Crippen molar-refractivity contribution in [2.75, 3.05) is 0 Å². The van der Waals surface area contributed by atoms with Crippen LogP contribution in [0.15, 0.2) is 54.6 Å². The Morgan fingerprint density at radius 1 is 0.857 bits per heavy atom. The van der Waals surface area contributed by atoms with E-state index in [1.165, 1.54) is 0 Å². The Bertz CT molecular complexity index is 859. The fourth-order valence-electron chi connectivity index (χ4n) is 2.18. The number of halogens is 3. The summed E-state index contributed by atoms with van der Waals surface area (Å²) in [4.78, 5) is 12.3. The van der Waals surface area contributed by atoms with E-state index in [4.69, 9.17) is 11.6 Å². The van der Waals surface area contributed by atoms with Crippen LogP contribution >= 0.6 is 11.6 Å². The van der Waals surface area contributed by atoms with Crippen molar-refractivity contribution in [2.24, 2.45) is 0 Å². The van der Waals surface area contributed by atoms with E-state index in [1.54, 1.807) is 18.2 Å². The lowest BCUT2D eigenvalue weighted by Crippen LogP contribution is -2.05. The molecule has 21 heavy (non-hydrogen) atoms. The summed E-state index contributed by atoms with van der Waals surface area (Å²) in [5.41, 5.74) is -0.0264. The first-order chi connectivity index (χ1) is 10.1. The molecule has 0 aromatic heterocycles. The molecule has 0 aliphatic carbocycles. The number of ketones is 1. The number of hydrogen-bond acceptors (Lipinski definition) is 1. The van der Waals surface area contributed by atoms with E-state index in [0.29, 0.717) is 5.56 Å². The monoisotopic (exact) mass is 302 g/mol. The first kappa shape index (κ1) is 13.7. The molecule has 0 saturated carbocycles. The number of fused-ring (bicyclic) bond motifs is 1. The fourth-order valence-corrected chi connectivity index (χ4v) is 2.33. The van der Waals surface area contributed by atoms with Gasteiger partial charge in [-0.1, -0.05) is 48.0 Å². The molecule has 3 aromatic carbocycles. The lowest BCUT2D eigenvalue weighted by atomic mass is 9.99. The highest BCUT2D eigenvalue weighted by atomic mass is 35.5. The van der Waals surface area contributed by atoms with Crippen LogP contribution in [0.3, 0.4) is 0 Å². The molecule has 0 aliphatic heterocycles. The Balaban J connectivity index is 2.10. The molecule has 0 aliphatic rings. The fraction of sp³-hybridized carbons (Fsp3) is 0. The predicted octanol–water partition coefficient (Wildman–Crippen LogP) is 5.00. The van der Waals surface area contributed by atoms with Gasteiger partial charge >= 0.3 is 0 Å². The van der Waals surface area contributed by atoms with Gasteiger partial charge in [-0.25, -0.2) is 8.78 Å². The molecule has 0 bridgehead atoms. The van der Waals surface area contributed by atoms with Crippen molar-refractivity contribution in [3.63, 3.8) is 0 Å². The van der Waals surface area contributed by atoms with E-state index >= 15 is 0 Å². The maximum Gasteiger partial charge on any atom is 0.196 e. The van der Waals surface area contributed by atoms with Crippen LogP contribution in [0.5, 0.6) is 0 Å². The highest BCUT2D eigenvalue weighted by Gasteiger charge is 2.17. The molecule has 0 spiro atoms. The number of benzene rings is 3. The number of carbonyl (C=O) groups excluding carboxylic acids is 1. The zero-order chi connectivity index (χ0) is 15.0. The third-order valence-corrected chi connectivity index (χ3v) is 3.56. The molecule has 0 saturated heterocycles. The van der Waals surface area contributed by atoms with Crippen molar-refractivity contribution in [2.45, 2.75) is 0 Å². The summed E-state index contributed by atoms with van der Waals surface area (Å²) >= 11 is 5.49. The summed E-state index contributed by atoms with van der Waals surface area (Å²) in [7, 11) is 0. The molecule has 0 atom stereocenters. The van der Waals surface area contributed by atoms with Crippen LogP contribution < -0.4 is 0 Å². The van der Waals surface area contributed by atoms with Crippen LogP contribution in [0.25, 0.3) is 10.8 Å². The molecular weight excluding hydrogens is 294 g/mol. The quantitative estimate of drug-likeness (QED) is 0.481. The van der Waals surface area contributed by atoms with E-state index < -0.39 is 17.4 Å². The maximum absolute atomic E-state index is 13.8. The second-order valence-electron chi connectivity index (χ2n) is 4.64. The minimum Gasteiger partial charge on any atom is -0.288 e. The Morgan fingerprint density at radius 2 is 1.57 bits per heavy atom. The first-order valence-corrected chi connectivity index (χ1v) is 6.62. The van der Waals surface area contributed by atoms with E-state index in [1.807, 2.05) is 24.3 Å². The van der Waals surface area contributed by atoms with E-state index in [0.717, 1.165) is 22.9 Å². The van der Waals surface area contributed by atoms with Crippen molar-refractivity contribution in [1.82, 2.24) is 0 Å². The van der Waals surface area contributed by atoms with E-state index in [9.17, 15) is 13.6 Å². The van der Waals surface area contributed by atoms with Gasteiger partial charge in [-0.2, -0.15) is 0 Å². The Morgan fingerprint density at radius 3 is 2.33 bits per heavy atom. The van der Waals surface area contributed by atoms with Crippen molar-refractivity contribution in [1.29, 1.82) is 0 Å². The molecule has 3 rings (SSSR count). The summed E-state index contributed by atoms with van der Waals surface area (Å²) in [5, 5.41) is 1.48. The van der Waals surface area contributed by atoms with Crippen molar-refractivity contribution >= 4 is 28.2 Å². The van der Waals surface area contributed by atoms with Gasteiger partial charge in [0, 0.05) is 5.56 Å². The summed E-state index contributed by atoms with van der Waals surface area (Å²) in [5.74, 6) is -2.23. The van der Waals surface area contributed by atoms with Crippen LogP contribution in [0.1, 0.15) is 15.9 Å². The van der Waals surface area contributed by atoms with Gasteiger partial charge in [-0.15, -0.1) is 0 Å². The molecule has 0 amide bonds. The Hall–Kier alpha value is -2.26. The van der Waals surface area contributed by atoms with Crippen LogP contribution in [-0.2, 0) is 0 Å². The van der Waals surface area contributed by atoms with Gasteiger partial charge in [-0.05, 0) is 29.0 Å². The predicted molar refractivity (Wildman–Crippen MR) is 78.7 cm³/mol. The molecular formula is C17H9ClF2O. The summed E-state index contributed by atoms with van der Waals surface area (Å²) < 4.78 is 27.2. The number of carbonyl (C=O) groups is 1. The second-order valence-corrected chi connectivity index (χ2v) is 5.04. The van der Waals surface area contributed by atoms with Crippen LogP contribution in [-0.4, -0.2) is 5.78 Å². The number of rotatable bonds is 2. The lowest BCUT2D eigenvalue weighted by molar-refractivity contribution is 0.103. The molecule has 0 fully saturated rings. The molecule has 3 aromatic rings. The molecule has 0 N–H and O–H groups in total. The molecule has 0 unspecified atom stereocenters. The maximum atomic E-state index is 13.8. The zero-order valence-electron chi connectivity index (χ0n) is 10.7. The molecule has 1 nitrogen and oxygen atoms in total. The van der Waals surface area contributed by atoms with Gasteiger partial charge in [0.1, 0.15) is 11.6 Å². The Labute approximate surface area is 124 Å². The van der Waals surface area contributed by atoms with E-state index in [2.05, 4.69) is 0 Å². The standard InChI is InChI=1S/C17H9ClF2O/c18-14-9-15(19)13(8-16(14)20)17(21)12-6-5-10-3-1-2-4-11(10)7-12/h1-9H. The van der Waals surface area contributed by atoms with Gasteiger partial charge in [0.05, 0.1) is 10.6 Å². The Kier molecular flexibility index (Phi) is 3.43. The van der Waals surface area contributed by atoms with Crippen LogP contribution in [0.4, 0.5) is 8.78 Å². The average Bonchev–Trinajstić information content (AvgIpc) is 2.50. The highest BCUT2D eigenvalue weighted by molar-refractivity contribution is 6.31. The third kappa shape index (κ3) is 2.52. The molecule has 104 valence electrons. The minimum absolute atomic E-state index is 0.300. The van der Waals surface area contributed by atoms with Gasteiger partial charge in [-0.3, -0.25) is 4.79 Å². The molecule has 4 heteroatoms. The highest BCUT2D eigenvalue weighted by Crippen LogP contribution is 2.23. The van der Waals surface area contributed by atoms with Crippen LogP contribution in [0, 0.1) is 11.6 Å². The van der Waals surface area contributed by atoms with Crippen LogP contribution in [0.2, 0.25) is 5.02 Å². The average molecular weight is 303 g/mol. The summed E-state index contributed by atoms with van der Waals surface area (Å²) in [6.45, 7) is 0. The lowest BCUT2D eigenvalue weighted by Gasteiger charge is -2.06. The summed E-state index contributed by atoms with van der Waals surface area (Å²) in [6, 6.07) is 14.2. The van der Waals surface area contributed by atoms with Gasteiger partial charge in [0.2, 0.25) is 0 Å².